The van der Waals surface area contributed by atoms with Crippen LogP contribution in [-0.2, 0) is 19.4 Å². The van der Waals surface area contributed by atoms with E-state index in [1.807, 2.05) is 77.1 Å². The standard InChI is InChI=1S/C25H38ClNO4S.C6H5Cl/c1-16(2)22(15-32(30,31)18(5)6)27-21(19-8-10-20(26)11-9-19)12-13-25(7,24(27)29)14-23(28)17(3)4;7-6-4-2-1-3-5-6/h8-11,16-18,21-22H,12-15H2,1-7H3;1-5H/t21?,22?,25-;/m1./s1. The highest BCUT2D eigenvalue weighted by Crippen LogP contribution is 2.45. The van der Waals surface area contributed by atoms with E-state index in [-0.39, 0.29) is 41.7 Å². The van der Waals surface area contributed by atoms with Crippen molar-refractivity contribution in [2.24, 2.45) is 17.3 Å². The minimum Gasteiger partial charge on any atom is -0.331 e. The molecule has 2 aromatic rings. The Morgan fingerprint density at radius 3 is 1.92 bits per heavy atom. The Morgan fingerprint density at radius 1 is 0.949 bits per heavy atom. The first kappa shape index (κ1) is 33.3. The maximum Gasteiger partial charge on any atom is 0.229 e. The molecule has 0 radical (unpaired) electrons. The molecule has 8 heteroatoms. The number of nitrogens with zero attached hydrogens (tertiary/aromatic N) is 1. The van der Waals surface area contributed by atoms with Crippen LogP contribution in [0.4, 0.5) is 0 Å². The second-order valence-electron chi connectivity index (χ2n) is 11.7. The number of ketones is 1. The fraction of sp³-hybridized carbons (Fsp3) is 0.548. The van der Waals surface area contributed by atoms with Crippen LogP contribution in [0, 0.1) is 17.3 Å². The summed E-state index contributed by atoms with van der Waals surface area (Å²) in [6.07, 6.45) is 1.42. The molecule has 3 atom stereocenters. The number of likely N-dealkylation sites (tertiary alicyclic amines) is 1. The molecule has 0 spiro atoms. The Morgan fingerprint density at radius 2 is 1.49 bits per heavy atom. The molecular weight excluding hydrogens is 553 g/mol. The minimum absolute atomic E-state index is 0.0571. The van der Waals surface area contributed by atoms with Crippen molar-refractivity contribution in [3.8, 4) is 0 Å². The Kier molecular flexibility index (Phi) is 12.1. The van der Waals surface area contributed by atoms with Crippen LogP contribution in [0.15, 0.2) is 54.6 Å². The van der Waals surface area contributed by atoms with Gasteiger partial charge in [-0.3, -0.25) is 9.59 Å². The Labute approximate surface area is 245 Å². The van der Waals surface area contributed by atoms with Gasteiger partial charge in [-0.05, 0) is 62.4 Å². The summed E-state index contributed by atoms with van der Waals surface area (Å²) in [7, 11) is -3.38. The van der Waals surface area contributed by atoms with Crippen LogP contribution in [0.25, 0.3) is 0 Å². The zero-order valence-electron chi connectivity index (χ0n) is 24.2. The van der Waals surface area contributed by atoms with Crippen LogP contribution in [0.3, 0.4) is 0 Å². The van der Waals surface area contributed by atoms with Crippen molar-refractivity contribution in [3.63, 3.8) is 0 Å². The van der Waals surface area contributed by atoms with Gasteiger partial charge in [-0.2, -0.15) is 0 Å². The summed E-state index contributed by atoms with van der Waals surface area (Å²) in [4.78, 5) is 28.4. The van der Waals surface area contributed by atoms with Crippen molar-refractivity contribution >= 4 is 44.7 Å². The summed E-state index contributed by atoms with van der Waals surface area (Å²) < 4.78 is 25.8. The molecule has 1 saturated heterocycles. The van der Waals surface area contributed by atoms with Gasteiger partial charge in [0.05, 0.1) is 22.5 Å². The molecular formula is C31H43Cl2NO4S. The fourth-order valence-electron chi connectivity index (χ4n) is 4.74. The summed E-state index contributed by atoms with van der Waals surface area (Å²) in [5.74, 6) is -0.376. The third kappa shape index (κ3) is 9.06. The molecule has 216 valence electrons. The molecule has 1 aliphatic heterocycles. The minimum atomic E-state index is -3.38. The average Bonchev–Trinajstić information content (AvgIpc) is 2.86. The number of rotatable bonds is 9. The van der Waals surface area contributed by atoms with Crippen LogP contribution in [0.2, 0.25) is 10.0 Å². The van der Waals surface area contributed by atoms with Crippen molar-refractivity contribution < 1.29 is 18.0 Å². The third-order valence-corrected chi connectivity index (χ3v) is 10.2. The topological polar surface area (TPSA) is 71.5 Å². The predicted octanol–water partition coefficient (Wildman–Crippen LogP) is 7.81. The molecule has 0 bridgehead atoms. The summed E-state index contributed by atoms with van der Waals surface area (Å²) in [5, 5.41) is 0.881. The molecule has 0 N–H and O–H groups in total. The Hall–Kier alpha value is -1.89. The van der Waals surface area contributed by atoms with Crippen molar-refractivity contribution in [3.05, 3.63) is 70.2 Å². The average molecular weight is 597 g/mol. The van der Waals surface area contributed by atoms with E-state index in [0.29, 0.717) is 17.9 Å². The highest BCUT2D eigenvalue weighted by atomic mass is 35.5. The van der Waals surface area contributed by atoms with Crippen molar-refractivity contribution in [1.82, 2.24) is 4.90 Å². The molecule has 5 nitrogen and oxygen atoms in total. The lowest BCUT2D eigenvalue weighted by atomic mass is 9.72. The van der Waals surface area contributed by atoms with E-state index in [1.54, 1.807) is 30.9 Å². The number of piperidine rings is 1. The van der Waals surface area contributed by atoms with E-state index >= 15 is 0 Å². The first-order valence-electron chi connectivity index (χ1n) is 13.6. The molecule has 2 unspecified atom stereocenters. The number of benzene rings is 2. The molecule has 1 fully saturated rings. The molecule has 1 amide bonds. The second kappa shape index (κ2) is 14.1. The molecule has 0 saturated carbocycles. The number of Topliss-reactive ketones (excluding diaryl/α,β-unsaturated/α-hetero) is 1. The zero-order valence-corrected chi connectivity index (χ0v) is 26.5. The van der Waals surface area contributed by atoms with E-state index in [1.165, 1.54) is 0 Å². The van der Waals surface area contributed by atoms with E-state index in [9.17, 15) is 18.0 Å². The molecule has 1 aliphatic rings. The maximum absolute atomic E-state index is 14.0. The Balaban J connectivity index is 0.000000658. The highest BCUT2D eigenvalue weighted by molar-refractivity contribution is 7.92. The first-order chi connectivity index (χ1) is 18.1. The zero-order chi connectivity index (χ0) is 29.5. The quantitative estimate of drug-likeness (QED) is 0.296. The van der Waals surface area contributed by atoms with E-state index < -0.39 is 26.5 Å². The van der Waals surface area contributed by atoms with Gasteiger partial charge < -0.3 is 4.90 Å². The van der Waals surface area contributed by atoms with E-state index in [4.69, 9.17) is 23.2 Å². The molecule has 3 rings (SSSR count). The van der Waals surface area contributed by atoms with E-state index in [2.05, 4.69) is 0 Å². The van der Waals surface area contributed by atoms with Crippen LogP contribution in [-0.4, -0.2) is 42.1 Å². The van der Waals surface area contributed by atoms with Crippen LogP contribution < -0.4 is 0 Å². The van der Waals surface area contributed by atoms with Crippen LogP contribution in [0.5, 0.6) is 0 Å². The largest absolute Gasteiger partial charge is 0.331 e. The second-order valence-corrected chi connectivity index (χ2v) is 15.1. The van der Waals surface area contributed by atoms with Gasteiger partial charge in [-0.25, -0.2) is 8.42 Å². The SMILES string of the molecule is CC(C)C(=O)C[C@@]1(C)CCC(c2ccc(Cl)cc2)N(C(CS(=O)(=O)C(C)C)C(C)C)C1=O.Clc1ccccc1. The lowest BCUT2D eigenvalue weighted by Gasteiger charge is -2.49. The number of halogens is 2. The Bertz CT molecular complexity index is 1200. The van der Waals surface area contributed by atoms with Gasteiger partial charge in [0.2, 0.25) is 5.91 Å². The first-order valence-corrected chi connectivity index (χ1v) is 16.1. The molecule has 1 heterocycles. The number of carbonyl (C=O) groups excluding carboxylic acids is 2. The molecule has 0 aromatic heterocycles. The van der Waals surface area contributed by atoms with Crippen LogP contribution in [0.1, 0.15) is 79.3 Å². The van der Waals surface area contributed by atoms with Gasteiger partial charge in [0.1, 0.15) is 5.78 Å². The van der Waals surface area contributed by atoms with Crippen LogP contribution >= 0.6 is 23.2 Å². The number of sulfone groups is 1. The van der Waals surface area contributed by atoms with E-state index in [0.717, 1.165) is 10.6 Å². The third-order valence-electron chi connectivity index (χ3n) is 7.50. The number of hydrogen-bond donors (Lipinski definition) is 0. The summed E-state index contributed by atoms with van der Waals surface area (Å²) >= 11 is 11.6. The van der Waals surface area contributed by atoms with Crippen molar-refractivity contribution in [2.45, 2.75) is 85.1 Å². The maximum atomic E-state index is 14.0. The van der Waals surface area contributed by atoms with Gasteiger partial charge >= 0.3 is 0 Å². The molecule has 39 heavy (non-hydrogen) atoms. The summed E-state index contributed by atoms with van der Waals surface area (Å²) in [5.41, 5.74) is 0.103. The lowest BCUT2D eigenvalue weighted by Crippen LogP contribution is -2.57. The number of carbonyl (C=O) groups is 2. The van der Waals surface area contributed by atoms with Gasteiger partial charge in [0, 0.05) is 28.4 Å². The lowest BCUT2D eigenvalue weighted by molar-refractivity contribution is -0.156. The van der Waals surface area contributed by atoms with Gasteiger partial charge in [-0.15, -0.1) is 0 Å². The monoisotopic (exact) mass is 595 g/mol. The van der Waals surface area contributed by atoms with Crippen molar-refractivity contribution in [1.29, 1.82) is 0 Å². The smallest absolute Gasteiger partial charge is 0.229 e. The summed E-state index contributed by atoms with van der Waals surface area (Å²) in [6.45, 7) is 12.8. The summed E-state index contributed by atoms with van der Waals surface area (Å²) in [6, 6.07) is 16.1. The molecule has 2 aromatic carbocycles. The van der Waals surface area contributed by atoms with Gasteiger partial charge in [0.15, 0.2) is 9.84 Å². The van der Waals surface area contributed by atoms with Crippen molar-refractivity contribution in [2.75, 3.05) is 5.75 Å². The fourth-order valence-corrected chi connectivity index (χ4v) is 6.42. The number of hydrogen-bond acceptors (Lipinski definition) is 4. The molecule has 0 aliphatic carbocycles. The van der Waals surface area contributed by atoms with Gasteiger partial charge in [-0.1, -0.05) is 88.2 Å². The highest BCUT2D eigenvalue weighted by Gasteiger charge is 2.49. The predicted molar refractivity (Wildman–Crippen MR) is 162 cm³/mol. The number of amides is 1. The normalized spacial score (nSPS) is 20.7. The van der Waals surface area contributed by atoms with Gasteiger partial charge in [0.25, 0.3) is 0 Å².